The van der Waals surface area contributed by atoms with Crippen molar-refractivity contribution in [1.29, 1.82) is 0 Å². The number of benzene rings is 1. The van der Waals surface area contributed by atoms with E-state index in [0.29, 0.717) is 13.1 Å². The standard InChI is InChI=1S/C16H14N2O2S/c19-15-14-12-7-9-21-13(12)6-8-17(14)16(20)18(15)10-11-4-2-1-3-5-11/h1-5,7,9,14H,6,8,10H2. The van der Waals surface area contributed by atoms with Crippen molar-refractivity contribution >= 4 is 23.3 Å². The van der Waals surface area contributed by atoms with Crippen LogP contribution in [0, 0.1) is 0 Å². The molecule has 2 aliphatic rings. The second kappa shape index (κ2) is 4.70. The molecule has 0 spiro atoms. The monoisotopic (exact) mass is 298 g/mol. The summed E-state index contributed by atoms with van der Waals surface area (Å²) in [5.41, 5.74) is 1.99. The van der Waals surface area contributed by atoms with Gasteiger partial charge in [0.1, 0.15) is 6.04 Å². The highest BCUT2D eigenvalue weighted by Gasteiger charge is 2.48. The summed E-state index contributed by atoms with van der Waals surface area (Å²) in [4.78, 5) is 29.5. The third kappa shape index (κ3) is 1.88. The molecule has 3 amide bonds. The highest BCUT2D eigenvalue weighted by molar-refractivity contribution is 7.10. The smallest absolute Gasteiger partial charge is 0.308 e. The molecule has 1 atom stereocenters. The molecule has 4 nitrogen and oxygen atoms in total. The third-order valence-electron chi connectivity index (χ3n) is 4.13. The van der Waals surface area contributed by atoms with Crippen LogP contribution in [0.3, 0.4) is 0 Å². The zero-order valence-corrected chi connectivity index (χ0v) is 12.2. The topological polar surface area (TPSA) is 40.6 Å². The summed E-state index contributed by atoms with van der Waals surface area (Å²) in [7, 11) is 0. The molecular formula is C16H14N2O2S. The van der Waals surface area contributed by atoms with E-state index in [-0.39, 0.29) is 11.9 Å². The van der Waals surface area contributed by atoms with Crippen LogP contribution < -0.4 is 0 Å². The van der Waals surface area contributed by atoms with Crippen molar-refractivity contribution in [2.45, 2.75) is 19.0 Å². The lowest BCUT2D eigenvalue weighted by Gasteiger charge is -2.26. The van der Waals surface area contributed by atoms with Gasteiger partial charge in [0, 0.05) is 11.4 Å². The summed E-state index contributed by atoms with van der Waals surface area (Å²) in [6.45, 7) is 0.985. The molecule has 1 fully saturated rings. The maximum Gasteiger partial charge on any atom is 0.328 e. The Hall–Kier alpha value is -2.14. The Morgan fingerprint density at radius 3 is 2.76 bits per heavy atom. The van der Waals surface area contributed by atoms with Crippen LogP contribution in [0.25, 0.3) is 0 Å². The number of thiophene rings is 1. The lowest BCUT2D eigenvalue weighted by atomic mass is 10.0. The second-order valence-electron chi connectivity index (χ2n) is 5.34. The van der Waals surface area contributed by atoms with Gasteiger partial charge < -0.3 is 4.90 Å². The maximum absolute atomic E-state index is 12.7. The first-order chi connectivity index (χ1) is 10.3. The van der Waals surface area contributed by atoms with Crippen LogP contribution in [0.2, 0.25) is 0 Å². The normalized spacial score (nSPS) is 20.7. The number of hydrogen-bond donors (Lipinski definition) is 0. The largest absolute Gasteiger partial charge is 0.328 e. The van der Waals surface area contributed by atoms with Gasteiger partial charge in [0.15, 0.2) is 0 Å². The lowest BCUT2D eigenvalue weighted by molar-refractivity contribution is -0.129. The van der Waals surface area contributed by atoms with Gasteiger partial charge in [-0.1, -0.05) is 30.3 Å². The van der Waals surface area contributed by atoms with Crippen molar-refractivity contribution in [1.82, 2.24) is 9.80 Å². The summed E-state index contributed by atoms with van der Waals surface area (Å²) in [5, 5.41) is 2.01. The van der Waals surface area contributed by atoms with Gasteiger partial charge in [0.05, 0.1) is 6.54 Å². The molecule has 0 radical (unpaired) electrons. The SMILES string of the molecule is O=C1C2c3ccsc3CCN2C(=O)N1Cc1ccccc1. The number of imide groups is 1. The van der Waals surface area contributed by atoms with Gasteiger partial charge in [-0.05, 0) is 29.0 Å². The zero-order valence-electron chi connectivity index (χ0n) is 11.4. The second-order valence-corrected chi connectivity index (χ2v) is 6.34. The van der Waals surface area contributed by atoms with Crippen LogP contribution >= 0.6 is 11.3 Å². The summed E-state index contributed by atoms with van der Waals surface area (Å²) in [6.07, 6.45) is 0.849. The highest BCUT2D eigenvalue weighted by atomic mass is 32.1. The molecule has 5 heteroatoms. The molecule has 1 unspecified atom stereocenters. The van der Waals surface area contributed by atoms with Crippen molar-refractivity contribution in [3.05, 3.63) is 57.8 Å². The predicted molar refractivity (Wildman–Crippen MR) is 79.9 cm³/mol. The zero-order chi connectivity index (χ0) is 14.4. The van der Waals surface area contributed by atoms with Gasteiger partial charge in [-0.3, -0.25) is 9.69 Å². The molecule has 1 aromatic heterocycles. The molecule has 21 heavy (non-hydrogen) atoms. The molecule has 0 N–H and O–H groups in total. The van der Waals surface area contributed by atoms with E-state index in [9.17, 15) is 9.59 Å². The fraction of sp³-hybridized carbons (Fsp3) is 0.250. The van der Waals surface area contributed by atoms with Crippen molar-refractivity contribution in [3.63, 3.8) is 0 Å². The average molecular weight is 298 g/mol. The molecule has 0 saturated carbocycles. The lowest BCUT2D eigenvalue weighted by Crippen LogP contribution is -2.35. The number of fused-ring (bicyclic) bond motifs is 3. The maximum atomic E-state index is 12.7. The third-order valence-corrected chi connectivity index (χ3v) is 5.12. The summed E-state index contributed by atoms with van der Waals surface area (Å²) in [5.74, 6) is -0.0943. The number of nitrogens with zero attached hydrogens (tertiary/aromatic N) is 2. The van der Waals surface area contributed by atoms with E-state index in [1.165, 1.54) is 9.78 Å². The number of rotatable bonds is 2. The minimum Gasteiger partial charge on any atom is -0.308 e. The van der Waals surface area contributed by atoms with Gasteiger partial charge in [-0.2, -0.15) is 0 Å². The first-order valence-electron chi connectivity index (χ1n) is 6.98. The van der Waals surface area contributed by atoms with E-state index < -0.39 is 6.04 Å². The highest BCUT2D eigenvalue weighted by Crippen LogP contribution is 2.39. The average Bonchev–Trinajstić information content (AvgIpc) is 3.07. The van der Waals surface area contributed by atoms with Crippen molar-refractivity contribution in [2.75, 3.05) is 6.54 Å². The van der Waals surface area contributed by atoms with Crippen molar-refractivity contribution in [3.8, 4) is 0 Å². The molecule has 1 saturated heterocycles. The van der Waals surface area contributed by atoms with Crippen molar-refractivity contribution < 1.29 is 9.59 Å². The van der Waals surface area contributed by atoms with Crippen molar-refractivity contribution in [2.24, 2.45) is 0 Å². The Labute approximate surface area is 126 Å². The molecule has 1 aromatic carbocycles. The van der Waals surface area contributed by atoms with Gasteiger partial charge in [0.25, 0.3) is 5.91 Å². The molecule has 3 heterocycles. The molecule has 106 valence electrons. The first-order valence-corrected chi connectivity index (χ1v) is 7.86. The molecule has 0 bridgehead atoms. The van der Waals surface area contributed by atoms with Gasteiger partial charge in [0.2, 0.25) is 0 Å². The van der Waals surface area contributed by atoms with E-state index in [1.807, 2.05) is 41.8 Å². The number of carbonyl (C=O) groups excluding carboxylic acids is 2. The first kappa shape index (κ1) is 12.6. The number of carbonyl (C=O) groups is 2. The summed E-state index contributed by atoms with van der Waals surface area (Å²) in [6, 6.07) is 11.1. The van der Waals surface area contributed by atoms with Crippen LogP contribution in [0.1, 0.15) is 22.0 Å². The quantitative estimate of drug-likeness (QED) is 0.800. The Balaban J connectivity index is 1.67. The van der Waals surface area contributed by atoms with Crippen LogP contribution in [0.4, 0.5) is 4.79 Å². The Kier molecular flexibility index (Phi) is 2.82. The molecule has 2 aliphatic heterocycles. The van der Waals surface area contributed by atoms with E-state index in [0.717, 1.165) is 17.5 Å². The van der Waals surface area contributed by atoms with E-state index >= 15 is 0 Å². The Morgan fingerprint density at radius 1 is 1.14 bits per heavy atom. The van der Waals surface area contributed by atoms with E-state index in [1.54, 1.807) is 16.2 Å². The van der Waals surface area contributed by atoms with E-state index in [4.69, 9.17) is 0 Å². The minimum absolute atomic E-state index is 0.0943. The Morgan fingerprint density at radius 2 is 1.95 bits per heavy atom. The number of urea groups is 1. The van der Waals surface area contributed by atoms with Crippen LogP contribution in [-0.2, 0) is 17.8 Å². The Bertz CT molecular complexity index is 710. The fourth-order valence-electron chi connectivity index (χ4n) is 3.10. The predicted octanol–water partition coefficient (Wildman–Crippen LogP) is 2.81. The van der Waals surface area contributed by atoms with Gasteiger partial charge in [-0.25, -0.2) is 4.79 Å². The van der Waals surface area contributed by atoms with Crippen LogP contribution in [0.15, 0.2) is 41.8 Å². The van der Waals surface area contributed by atoms with Gasteiger partial charge >= 0.3 is 6.03 Å². The number of hydrogen-bond acceptors (Lipinski definition) is 3. The number of amides is 3. The molecular weight excluding hydrogens is 284 g/mol. The van der Waals surface area contributed by atoms with Crippen LogP contribution in [-0.4, -0.2) is 28.3 Å². The summed E-state index contributed by atoms with van der Waals surface area (Å²) >= 11 is 1.67. The summed E-state index contributed by atoms with van der Waals surface area (Å²) < 4.78 is 0. The molecule has 0 aliphatic carbocycles. The molecule has 2 aromatic rings. The van der Waals surface area contributed by atoms with Gasteiger partial charge in [-0.15, -0.1) is 11.3 Å². The fourth-order valence-corrected chi connectivity index (χ4v) is 4.00. The molecule has 4 rings (SSSR count). The van der Waals surface area contributed by atoms with Crippen LogP contribution in [0.5, 0.6) is 0 Å². The minimum atomic E-state index is -0.406. The van der Waals surface area contributed by atoms with E-state index in [2.05, 4.69) is 0 Å².